The van der Waals surface area contributed by atoms with Crippen molar-refractivity contribution < 1.29 is 9.59 Å². The van der Waals surface area contributed by atoms with Gasteiger partial charge >= 0.3 is 0 Å². The number of nitrogen functional groups attached to an aromatic ring is 1. The molecule has 0 saturated carbocycles. The second-order valence-corrected chi connectivity index (χ2v) is 7.16. The lowest BCUT2D eigenvalue weighted by atomic mass is 9.82. The van der Waals surface area contributed by atoms with Gasteiger partial charge in [0.2, 0.25) is 5.78 Å². The molecule has 132 valence electrons. The Kier molecular flexibility index (Phi) is 4.14. The van der Waals surface area contributed by atoms with Gasteiger partial charge in [0.05, 0.1) is 16.8 Å². The van der Waals surface area contributed by atoms with E-state index >= 15 is 0 Å². The molecule has 0 spiro atoms. The largest absolute Gasteiger partial charge is 0.364 e. The number of carbonyl (C=O) groups excluding carboxylic acids is 2. The minimum Gasteiger partial charge on any atom is -0.364 e. The van der Waals surface area contributed by atoms with Crippen LogP contribution in [0.1, 0.15) is 53.6 Å². The number of nitrogens with two attached hydrogens (primary N) is 1. The second-order valence-electron chi connectivity index (χ2n) is 7.16. The number of hydrogen-bond donors (Lipinski definition) is 1. The molecule has 0 amide bonds. The van der Waals surface area contributed by atoms with Gasteiger partial charge in [0.1, 0.15) is 5.69 Å². The van der Waals surface area contributed by atoms with E-state index in [-0.39, 0.29) is 22.8 Å². The molecule has 0 radical (unpaired) electrons. The number of hydrogen-bond acceptors (Lipinski definition) is 5. The number of fused-ring (bicyclic) bond motifs is 1. The summed E-state index contributed by atoms with van der Waals surface area (Å²) in [4.78, 5) is 40.3. The van der Waals surface area contributed by atoms with E-state index < -0.39 is 5.56 Å². The maximum absolute atomic E-state index is 13.2. The van der Waals surface area contributed by atoms with Gasteiger partial charge < -0.3 is 10.7 Å². The molecule has 2 heterocycles. The SMILES string of the molecule is CC1=CCN(CCC(C)C)C2=C1C(=O)c1c(C)cc(=O)n(N)c1C2=O. The Morgan fingerprint density at radius 3 is 2.48 bits per heavy atom. The summed E-state index contributed by atoms with van der Waals surface area (Å²) in [5, 5.41) is 0. The molecule has 6 heteroatoms. The van der Waals surface area contributed by atoms with E-state index in [9.17, 15) is 14.4 Å². The number of ketones is 2. The number of carbonyl (C=O) groups is 2. The van der Waals surface area contributed by atoms with Crippen LogP contribution in [0.2, 0.25) is 0 Å². The first-order valence-corrected chi connectivity index (χ1v) is 8.51. The third kappa shape index (κ3) is 2.62. The fraction of sp³-hybridized carbons (Fsp3) is 0.421. The van der Waals surface area contributed by atoms with Crippen LogP contribution in [0.25, 0.3) is 0 Å². The van der Waals surface area contributed by atoms with Crippen LogP contribution in [0.5, 0.6) is 0 Å². The number of rotatable bonds is 3. The average Bonchev–Trinajstić information content (AvgIpc) is 2.54. The standard InChI is InChI=1S/C19H23N3O3/c1-10(2)5-7-21-8-6-11(3)14-16(21)19(25)17-15(18(14)24)12(4)9-13(23)22(17)20/h6,9-10H,5,7-8,20H2,1-4H3. The van der Waals surface area contributed by atoms with Crippen molar-refractivity contribution in [2.45, 2.75) is 34.1 Å². The van der Waals surface area contributed by atoms with Crippen molar-refractivity contribution >= 4 is 11.6 Å². The van der Waals surface area contributed by atoms with Crippen LogP contribution in [0.15, 0.2) is 33.8 Å². The van der Waals surface area contributed by atoms with Gasteiger partial charge in [0.15, 0.2) is 5.78 Å². The molecule has 0 bridgehead atoms. The number of aryl methyl sites for hydroxylation is 1. The van der Waals surface area contributed by atoms with Crippen molar-refractivity contribution in [1.29, 1.82) is 0 Å². The number of Topliss-reactive ketones (excluding diaryl/α,β-unsaturated/α-hetero) is 2. The summed E-state index contributed by atoms with van der Waals surface area (Å²) in [7, 11) is 0. The highest BCUT2D eigenvalue weighted by Crippen LogP contribution is 2.35. The van der Waals surface area contributed by atoms with E-state index in [1.54, 1.807) is 6.92 Å². The minimum absolute atomic E-state index is 0.00185. The molecule has 0 fully saturated rings. The normalized spacial score (nSPS) is 17.0. The highest BCUT2D eigenvalue weighted by Gasteiger charge is 2.40. The van der Waals surface area contributed by atoms with Crippen molar-refractivity contribution in [3.05, 3.63) is 56.2 Å². The molecule has 0 saturated heterocycles. The smallest absolute Gasteiger partial charge is 0.269 e. The number of nitrogens with zero attached hydrogens (tertiary/aromatic N) is 2. The molecule has 3 rings (SSSR count). The highest BCUT2D eigenvalue weighted by atomic mass is 16.2. The number of pyridine rings is 1. The Morgan fingerprint density at radius 1 is 1.16 bits per heavy atom. The predicted molar refractivity (Wildman–Crippen MR) is 96.1 cm³/mol. The van der Waals surface area contributed by atoms with Crippen LogP contribution < -0.4 is 11.4 Å². The van der Waals surface area contributed by atoms with Gasteiger partial charge in [0.25, 0.3) is 5.56 Å². The molecule has 0 unspecified atom stereocenters. The van der Waals surface area contributed by atoms with Crippen LogP contribution in [-0.4, -0.2) is 34.2 Å². The lowest BCUT2D eigenvalue weighted by Crippen LogP contribution is -2.43. The summed E-state index contributed by atoms with van der Waals surface area (Å²) in [5.74, 6) is 5.73. The molecule has 0 atom stereocenters. The molecular formula is C19H23N3O3. The van der Waals surface area contributed by atoms with E-state index in [0.717, 1.165) is 16.7 Å². The van der Waals surface area contributed by atoms with Crippen LogP contribution >= 0.6 is 0 Å². The van der Waals surface area contributed by atoms with Crippen LogP contribution in [0.3, 0.4) is 0 Å². The summed E-state index contributed by atoms with van der Waals surface area (Å²) in [6.07, 6.45) is 2.88. The van der Waals surface area contributed by atoms with Crippen LogP contribution in [-0.2, 0) is 0 Å². The topological polar surface area (TPSA) is 85.4 Å². The van der Waals surface area contributed by atoms with E-state index in [2.05, 4.69) is 13.8 Å². The van der Waals surface area contributed by atoms with Crippen molar-refractivity contribution in [2.24, 2.45) is 5.92 Å². The van der Waals surface area contributed by atoms with E-state index in [4.69, 9.17) is 5.84 Å². The molecular weight excluding hydrogens is 318 g/mol. The zero-order valence-corrected chi connectivity index (χ0v) is 15.0. The van der Waals surface area contributed by atoms with E-state index in [1.165, 1.54) is 6.07 Å². The van der Waals surface area contributed by atoms with Crippen LogP contribution in [0.4, 0.5) is 0 Å². The van der Waals surface area contributed by atoms with Gasteiger partial charge in [-0.1, -0.05) is 19.9 Å². The Bertz CT molecular complexity index is 903. The van der Waals surface area contributed by atoms with Gasteiger partial charge in [-0.05, 0) is 37.3 Å². The molecule has 1 aliphatic heterocycles. The monoisotopic (exact) mass is 341 g/mol. The lowest BCUT2D eigenvalue weighted by Gasteiger charge is -2.35. The maximum Gasteiger partial charge on any atom is 0.269 e. The van der Waals surface area contributed by atoms with Gasteiger partial charge in [-0.3, -0.25) is 14.4 Å². The predicted octanol–water partition coefficient (Wildman–Crippen LogP) is 1.81. The molecule has 1 aromatic heterocycles. The Hall–Kier alpha value is -2.63. The van der Waals surface area contributed by atoms with Gasteiger partial charge in [-0.25, -0.2) is 4.68 Å². The second kappa shape index (κ2) is 6.02. The minimum atomic E-state index is -0.488. The van der Waals surface area contributed by atoms with Crippen molar-refractivity contribution in [3.63, 3.8) is 0 Å². The molecule has 6 nitrogen and oxygen atoms in total. The molecule has 2 N–H and O–H groups in total. The summed E-state index contributed by atoms with van der Waals surface area (Å²) in [6, 6.07) is 1.30. The quantitative estimate of drug-likeness (QED) is 0.848. The van der Waals surface area contributed by atoms with E-state index in [1.807, 2.05) is 17.9 Å². The summed E-state index contributed by atoms with van der Waals surface area (Å²) < 4.78 is 0.806. The van der Waals surface area contributed by atoms with E-state index in [0.29, 0.717) is 35.8 Å². The summed E-state index contributed by atoms with van der Waals surface area (Å²) in [5.41, 5.74) is 1.85. The zero-order valence-electron chi connectivity index (χ0n) is 15.0. The third-order valence-electron chi connectivity index (χ3n) is 4.88. The fourth-order valence-electron chi connectivity index (χ4n) is 3.44. The third-order valence-corrected chi connectivity index (χ3v) is 4.88. The summed E-state index contributed by atoms with van der Waals surface area (Å²) >= 11 is 0. The fourth-order valence-corrected chi connectivity index (χ4v) is 3.44. The molecule has 25 heavy (non-hydrogen) atoms. The first-order chi connectivity index (χ1) is 11.7. The first kappa shape index (κ1) is 17.2. The van der Waals surface area contributed by atoms with Crippen LogP contribution in [0, 0.1) is 12.8 Å². The Balaban J connectivity index is 2.20. The first-order valence-electron chi connectivity index (χ1n) is 8.51. The molecule has 1 aromatic rings. The zero-order chi connectivity index (χ0) is 18.5. The van der Waals surface area contributed by atoms with Crippen molar-refractivity contribution in [2.75, 3.05) is 18.9 Å². The summed E-state index contributed by atoms with van der Waals surface area (Å²) in [6.45, 7) is 8.99. The van der Waals surface area contributed by atoms with Crippen molar-refractivity contribution in [3.8, 4) is 0 Å². The molecule has 1 aliphatic carbocycles. The Morgan fingerprint density at radius 2 is 1.84 bits per heavy atom. The number of aromatic nitrogens is 1. The Labute approximate surface area is 146 Å². The van der Waals surface area contributed by atoms with Gasteiger partial charge in [0, 0.05) is 19.2 Å². The maximum atomic E-state index is 13.2. The molecule has 2 aliphatic rings. The van der Waals surface area contributed by atoms with Crippen molar-refractivity contribution in [1.82, 2.24) is 9.58 Å². The molecule has 0 aromatic carbocycles. The lowest BCUT2D eigenvalue weighted by molar-refractivity contribution is 0.0932. The number of allylic oxidation sites excluding steroid dienone is 3. The van der Waals surface area contributed by atoms with Gasteiger partial charge in [-0.15, -0.1) is 0 Å². The highest BCUT2D eigenvalue weighted by molar-refractivity contribution is 6.28. The van der Waals surface area contributed by atoms with Gasteiger partial charge in [-0.2, -0.15) is 0 Å². The average molecular weight is 341 g/mol.